The molecule has 1 fully saturated rings. The SMILES string of the molecule is COC1CCN(c2nc(Cl)c(C(=O)O)s2)C(C)C1. The Bertz CT molecular complexity index is 451. The predicted octanol–water partition coefficient (Wildman–Crippen LogP) is 2.50. The molecule has 100 valence electrons. The molecule has 0 bridgehead atoms. The summed E-state index contributed by atoms with van der Waals surface area (Å²) >= 11 is 6.96. The maximum atomic E-state index is 10.9. The van der Waals surface area contributed by atoms with Gasteiger partial charge in [-0.2, -0.15) is 0 Å². The summed E-state index contributed by atoms with van der Waals surface area (Å²) in [7, 11) is 1.72. The summed E-state index contributed by atoms with van der Waals surface area (Å²) < 4.78 is 5.35. The van der Waals surface area contributed by atoms with Crippen LogP contribution in [-0.4, -0.2) is 41.9 Å². The van der Waals surface area contributed by atoms with Crippen LogP contribution >= 0.6 is 22.9 Å². The van der Waals surface area contributed by atoms with Crippen LogP contribution in [0.2, 0.25) is 5.15 Å². The van der Waals surface area contributed by atoms with E-state index in [1.54, 1.807) is 7.11 Å². The molecule has 1 aliphatic heterocycles. The second-order valence-electron chi connectivity index (χ2n) is 4.35. The van der Waals surface area contributed by atoms with E-state index in [9.17, 15) is 4.79 Å². The third kappa shape index (κ3) is 2.60. The lowest BCUT2D eigenvalue weighted by Gasteiger charge is -2.36. The van der Waals surface area contributed by atoms with E-state index in [0.717, 1.165) is 30.7 Å². The summed E-state index contributed by atoms with van der Waals surface area (Å²) in [5.74, 6) is -1.02. The molecule has 1 N–H and O–H groups in total. The molecule has 5 nitrogen and oxygen atoms in total. The van der Waals surface area contributed by atoms with E-state index >= 15 is 0 Å². The van der Waals surface area contributed by atoms with Crippen LogP contribution in [0.3, 0.4) is 0 Å². The Morgan fingerprint density at radius 1 is 1.67 bits per heavy atom. The highest BCUT2D eigenvalue weighted by molar-refractivity contribution is 7.18. The molecule has 0 aliphatic carbocycles. The average molecular weight is 291 g/mol. The highest BCUT2D eigenvalue weighted by Crippen LogP contribution is 2.33. The number of hydrogen-bond acceptors (Lipinski definition) is 5. The van der Waals surface area contributed by atoms with E-state index in [0.29, 0.717) is 5.13 Å². The van der Waals surface area contributed by atoms with Crippen LogP contribution in [0.25, 0.3) is 0 Å². The molecule has 2 heterocycles. The van der Waals surface area contributed by atoms with Gasteiger partial charge in [0.2, 0.25) is 0 Å². The lowest BCUT2D eigenvalue weighted by atomic mass is 10.0. The second-order valence-corrected chi connectivity index (χ2v) is 5.68. The first-order chi connectivity index (χ1) is 8.52. The quantitative estimate of drug-likeness (QED) is 0.927. The zero-order valence-electron chi connectivity index (χ0n) is 10.2. The van der Waals surface area contributed by atoms with Crippen molar-refractivity contribution < 1.29 is 14.6 Å². The van der Waals surface area contributed by atoms with Crippen LogP contribution < -0.4 is 4.90 Å². The zero-order chi connectivity index (χ0) is 13.3. The molecule has 0 saturated carbocycles. The number of aromatic carboxylic acids is 1. The largest absolute Gasteiger partial charge is 0.477 e. The molecule has 1 aromatic rings. The average Bonchev–Trinajstić information content (AvgIpc) is 2.71. The highest BCUT2D eigenvalue weighted by Gasteiger charge is 2.28. The van der Waals surface area contributed by atoms with Crippen LogP contribution in [0.15, 0.2) is 0 Å². The summed E-state index contributed by atoms with van der Waals surface area (Å²) in [6, 6.07) is 0.271. The van der Waals surface area contributed by atoms with E-state index in [2.05, 4.69) is 16.8 Å². The molecule has 0 aromatic carbocycles. The minimum absolute atomic E-state index is 0.0727. The van der Waals surface area contributed by atoms with Gasteiger partial charge in [0.05, 0.1) is 6.10 Å². The van der Waals surface area contributed by atoms with E-state index in [4.69, 9.17) is 21.4 Å². The first-order valence-corrected chi connectivity index (χ1v) is 6.91. The molecule has 2 rings (SSSR count). The third-order valence-corrected chi connectivity index (χ3v) is 4.64. The van der Waals surface area contributed by atoms with Crippen molar-refractivity contribution in [2.24, 2.45) is 0 Å². The van der Waals surface area contributed by atoms with Crippen molar-refractivity contribution in [3.05, 3.63) is 10.0 Å². The van der Waals surface area contributed by atoms with Gasteiger partial charge in [-0.15, -0.1) is 0 Å². The standard InChI is InChI=1S/C11H15ClN2O3S/c1-6-5-7(17-2)3-4-14(6)11-13-9(12)8(18-11)10(15)16/h6-7H,3-5H2,1-2H3,(H,15,16). The maximum absolute atomic E-state index is 10.9. The maximum Gasteiger partial charge on any atom is 0.349 e. The van der Waals surface area contributed by atoms with Gasteiger partial charge in [-0.05, 0) is 19.8 Å². The summed E-state index contributed by atoms with van der Waals surface area (Å²) in [6.45, 7) is 2.89. The first-order valence-electron chi connectivity index (χ1n) is 5.72. The van der Waals surface area contributed by atoms with Crippen molar-refractivity contribution in [1.29, 1.82) is 0 Å². The van der Waals surface area contributed by atoms with Gasteiger partial charge in [-0.1, -0.05) is 22.9 Å². The molecule has 1 aromatic heterocycles. The Hall–Kier alpha value is -0.850. The molecule has 18 heavy (non-hydrogen) atoms. The van der Waals surface area contributed by atoms with Crippen LogP contribution in [-0.2, 0) is 4.74 Å². The Morgan fingerprint density at radius 3 is 2.89 bits per heavy atom. The summed E-state index contributed by atoms with van der Waals surface area (Å²) in [5, 5.41) is 9.72. The van der Waals surface area contributed by atoms with Crippen molar-refractivity contribution in [3.63, 3.8) is 0 Å². The van der Waals surface area contributed by atoms with Crippen LogP contribution in [0.4, 0.5) is 5.13 Å². The van der Waals surface area contributed by atoms with Crippen molar-refractivity contribution in [1.82, 2.24) is 4.98 Å². The lowest BCUT2D eigenvalue weighted by molar-refractivity contribution is 0.0701. The van der Waals surface area contributed by atoms with Gasteiger partial charge in [0.1, 0.15) is 0 Å². The van der Waals surface area contributed by atoms with Crippen LogP contribution in [0, 0.1) is 0 Å². The normalized spacial score (nSPS) is 24.3. The summed E-state index contributed by atoms with van der Waals surface area (Å²) in [5.41, 5.74) is 0. The van der Waals surface area contributed by atoms with Gasteiger partial charge in [0, 0.05) is 19.7 Å². The number of piperidine rings is 1. The number of methoxy groups -OCH3 is 1. The Kier molecular flexibility index (Phi) is 4.09. The molecule has 0 radical (unpaired) electrons. The molecule has 1 saturated heterocycles. The minimum atomic E-state index is -1.02. The number of rotatable bonds is 3. The van der Waals surface area contributed by atoms with Crippen LogP contribution in [0.5, 0.6) is 0 Å². The number of carboxylic acids is 1. The number of ether oxygens (including phenoxy) is 1. The monoisotopic (exact) mass is 290 g/mol. The predicted molar refractivity (Wildman–Crippen MR) is 70.9 cm³/mol. The third-order valence-electron chi connectivity index (χ3n) is 3.18. The number of hydrogen-bond donors (Lipinski definition) is 1. The number of carboxylic acid groups (broad SMARTS) is 1. The fourth-order valence-corrected chi connectivity index (χ4v) is 3.42. The van der Waals surface area contributed by atoms with Gasteiger partial charge in [-0.3, -0.25) is 0 Å². The van der Waals surface area contributed by atoms with E-state index in [1.165, 1.54) is 0 Å². The Balaban J connectivity index is 2.17. The number of carbonyl (C=O) groups is 1. The van der Waals surface area contributed by atoms with Gasteiger partial charge in [-0.25, -0.2) is 9.78 Å². The van der Waals surface area contributed by atoms with Crippen molar-refractivity contribution in [2.45, 2.75) is 31.9 Å². The molecule has 2 atom stereocenters. The molecule has 0 spiro atoms. The topological polar surface area (TPSA) is 62.7 Å². The summed E-state index contributed by atoms with van der Waals surface area (Å²) in [4.78, 5) is 17.3. The second kappa shape index (κ2) is 5.42. The van der Waals surface area contributed by atoms with E-state index in [1.807, 2.05) is 0 Å². The molecule has 1 aliphatic rings. The zero-order valence-corrected chi connectivity index (χ0v) is 11.8. The number of nitrogens with zero attached hydrogens (tertiary/aromatic N) is 2. The fourth-order valence-electron chi connectivity index (χ4n) is 2.17. The fraction of sp³-hybridized carbons (Fsp3) is 0.636. The Labute approximate surface area is 114 Å². The number of anilines is 1. The number of halogens is 1. The van der Waals surface area contributed by atoms with Crippen molar-refractivity contribution in [3.8, 4) is 0 Å². The summed E-state index contributed by atoms with van der Waals surface area (Å²) in [6.07, 6.45) is 2.10. The minimum Gasteiger partial charge on any atom is -0.477 e. The van der Waals surface area contributed by atoms with Gasteiger partial charge < -0.3 is 14.7 Å². The van der Waals surface area contributed by atoms with Crippen molar-refractivity contribution >= 4 is 34.0 Å². The number of aromatic nitrogens is 1. The first kappa shape index (κ1) is 13.6. The highest BCUT2D eigenvalue weighted by atomic mass is 35.5. The van der Waals surface area contributed by atoms with Gasteiger partial charge in [0.15, 0.2) is 15.2 Å². The molecule has 2 unspecified atom stereocenters. The smallest absolute Gasteiger partial charge is 0.349 e. The molecule has 0 amide bonds. The molecular weight excluding hydrogens is 276 g/mol. The van der Waals surface area contributed by atoms with Gasteiger partial charge >= 0.3 is 5.97 Å². The van der Waals surface area contributed by atoms with Crippen molar-refractivity contribution in [2.75, 3.05) is 18.6 Å². The van der Waals surface area contributed by atoms with E-state index < -0.39 is 5.97 Å². The van der Waals surface area contributed by atoms with Crippen LogP contribution in [0.1, 0.15) is 29.4 Å². The van der Waals surface area contributed by atoms with E-state index in [-0.39, 0.29) is 22.2 Å². The molecular formula is C11H15ClN2O3S. The number of thiazole rings is 1. The Morgan fingerprint density at radius 2 is 2.39 bits per heavy atom. The lowest BCUT2D eigenvalue weighted by Crippen LogP contribution is -2.43. The van der Waals surface area contributed by atoms with Gasteiger partial charge in [0.25, 0.3) is 0 Å². The molecule has 7 heteroatoms.